The number of rotatable bonds is 8. The van der Waals surface area contributed by atoms with E-state index in [4.69, 9.17) is 13.6 Å². The summed E-state index contributed by atoms with van der Waals surface area (Å²) in [7, 11) is 0. The van der Waals surface area contributed by atoms with E-state index >= 15 is 0 Å². The molecule has 1 aliphatic rings. The molecule has 12 aromatic carbocycles. The topological polar surface area (TPSA) is 42.0 Å². The molecule has 0 saturated carbocycles. The Morgan fingerprint density at radius 3 is 1.62 bits per heavy atom. The van der Waals surface area contributed by atoms with Crippen LogP contribution in [0.3, 0.4) is 0 Å². The van der Waals surface area contributed by atoms with Crippen LogP contribution in [0, 0.1) is 0 Å². The standard InChI is InChI=1S/C66H40N2O3/c1-4-18-41(19-5-1)47-24-10-12-31-54(47)68(56-33-15-28-50-49-25-11-13-34-58(49)70-65(50)56)57-39-44-37-36-43-38-46(40-60-61(43)62(44)63-53(57)30-17-35-59(63)69-60)67(45-22-8-3-9-23-45)55-32-16-29-52-51-27-14-26-48(64(51)71-66(52)55)42-20-6-2-7-21-42/h1-40H. The molecule has 1 aliphatic heterocycles. The summed E-state index contributed by atoms with van der Waals surface area (Å²) in [6.45, 7) is 0. The summed E-state index contributed by atoms with van der Waals surface area (Å²) >= 11 is 0. The molecule has 0 unspecified atom stereocenters. The van der Waals surface area contributed by atoms with Crippen molar-refractivity contribution in [3.8, 4) is 33.8 Å². The van der Waals surface area contributed by atoms with E-state index in [9.17, 15) is 0 Å². The SMILES string of the molecule is c1ccc(-c2ccccc2N(c2cc3ccc4cc(N(c5ccccc5)c5cccc6c5oc5c(-c7ccccc7)cccc56)cc5c4c3c3c(cccc23)O5)c2cccc3c2oc2ccccc23)cc1. The number of furan rings is 2. The van der Waals surface area contributed by atoms with Crippen LogP contribution in [0.2, 0.25) is 0 Å². The lowest BCUT2D eigenvalue weighted by atomic mass is 9.91. The van der Waals surface area contributed by atoms with Gasteiger partial charge in [0.25, 0.3) is 0 Å². The van der Waals surface area contributed by atoms with Crippen LogP contribution in [0.1, 0.15) is 0 Å². The van der Waals surface area contributed by atoms with Crippen LogP contribution in [0.4, 0.5) is 34.1 Å². The lowest BCUT2D eigenvalue weighted by molar-refractivity contribution is 0.493. The second-order valence-electron chi connectivity index (χ2n) is 18.3. The van der Waals surface area contributed by atoms with Crippen LogP contribution in [-0.2, 0) is 0 Å². The highest BCUT2D eigenvalue weighted by Gasteiger charge is 2.29. The van der Waals surface area contributed by atoms with Crippen LogP contribution in [0.15, 0.2) is 251 Å². The molecule has 0 radical (unpaired) electrons. The second kappa shape index (κ2) is 15.5. The van der Waals surface area contributed by atoms with Gasteiger partial charge in [0.05, 0.1) is 28.4 Å². The molecule has 0 saturated heterocycles. The molecular weight excluding hydrogens is 869 g/mol. The number of anilines is 6. The van der Waals surface area contributed by atoms with E-state index in [1.54, 1.807) is 0 Å². The quantitative estimate of drug-likeness (QED) is 0.142. The third kappa shape index (κ3) is 6.00. The van der Waals surface area contributed by atoms with Crippen molar-refractivity contribution in [2.45, 2.75) is 0 Å². The average molecular weight is 909 g/mol. The maximum absolute atomic E-state index is 7.21. The fourth-order valence-corrected chi connectivity index (χ4v) is 11.3. The van der Waals surface area contributed by atoms with Gasteiger partial charge in [0.2, 0.25) is 0 Å². The Kier molecular flexibility index (Phi) is 8.59. The fraction of sp³-hybridized carbons (Fsp3) is 0. The Labute approximate surface area is 408 Å². The van der Waals surface area contributed by atoms with E-state index in [-0.39, 0.29) is 0 Å². The molecule has 5 nitrogen and oxygen atoms in total. The minimum Gasteiger partial charge on any atom is -0.456 e. The van der Waals surface area contributed by atoms with E-state index in [2.05, 4.69) is 240 Å². The summed E-state index contributed by atoms with van der Waals surface area (Å²) in [6, 6.07) is 85.8. The molecule has 71 heavy (non-hydrogen) atoms. The second-order valence-corrected chi connectivity index (χ2v) is 18.3. The van der Waals surface area contributed by atoms with E-state index in [1.807, 2.05) is 12.1 Å². The van der Waals surface area contributed by atoms with Crippen LogP contribution < -0.4 is 14.5 Å². The number of nitrogens with zero attached hydrogens (tertiary/aromatic N) is 2. The number of fused-ring (bicyclic) bond motifs is 6. The maximum Gasteiger partial charge on any atom is 0.159 e. The van der Waals surface area contributed by atoms with Gasteiger partial charge in [-0.3, -0.25) is 0 Å². The fourth-order valence-electron chi connectivity index (χ4n) is 11.3. The predicted molar refractivity (Wildman–Crippen MR) is 294 cm³/mol. The smallest absolute Gasteiger partial charge is 0.159 e. The molecule has 0 spiro atoms. The van der Waals surface area contributed by atoms with Gasteiger partial charge in [-0.05, 0) is 76.5 Å². The van der Waals surface area contributed by atoms with Gasteiger partial charge in [0.1, 0.15) is 22.7 Å². The van der Waals surface area contributed by atoms with Gasteiger partial charge >= 0.3 is 0 Å². The minimum atomic E-state index is 0.804. The summed E-state index contributed by atoms with van der Waals surface area (Å²) in [6.07, 6.45) is 0. The maximum atomic E-state index is 7.21. The monoisotopic (exact) mass is 908 g/mol. The zero-order valence-corrected chi connectivity index (χ0v) is 38.2. The largest absolute Gasteiger partial charge is 0.456 e. The van der Waals surface area contributed by atoms with E-state index in [0.717, 1.165) is 139 Å². The summed E-state index contributed by atoms with van der Waals surface area (Å²) in [5, 5.41) is 10.9. The predicted octanol–water partition coefficient (Wildman–Crippen LogP) is 19.3. The molecule has 0 aliphatic carbocycles. The lowest BCUT2D eigenvalue weighted by Crippen LogP contribution is -2.13. The Balaban J connectivity index is 0.961. The molecule has 14 aromatic rings. The normalized spacial score (nSPS) is 12.1. The molecule has 332 valence electrons. The first kappa shape index (κ1) is 39.4. The lowest BCUT2D eigenvalue weighted by Gasteiger charge is -2.31. The van der Waals surface area contributed by atoms with Gasteiger partial charge in [-0.15, -0.1) is 0 Å². The molecule has 0 amide bonds. The summed E-state index contributed by atoms with van der Waals surface area (Å²) in [5.74, 6) is 1.61. The van der Waals surface area contributed by atoms with Gasteiger partial charge in [0, 0.05) is 66.0 Å². The molecule has 0 fully saturated rings. The van der Waals surface area contributed by atoms with E-state index < -0.39 is 0 Å². The van der Waals surface area contributed by atoms with Crippen LogP contribution in [0.25, 0.3) is 98.4 Å². The van der Waals surface area contributed by atoms with E-state index in [0.29, 0.717) is 0 Å². The van der Waals surface area contributed by atoms with Crippen LogP contribution in [-0.4, -0.2) is 0 Å². The van der Waals surface area contributed by atoms with Gasteiger partial charge in [-0.2, -0.15) is 0 Å². The van der Waals surface area contributed by atoms with E-state index in [1.165, 1.54) is 5.39 Å². The highest BCUT2D eigenvalue weighted by atomic mass is 16.5. The highest BCUT2D eigenvalue weighted by Crippen LogP contribution is 2.55. The van der Waals surface area contributed by atoms with Gasteiger partial charge < -0.3 is 23.4 Å². The van der Waals surface area contributed by atoms with Crippen LogP contribution >= 0.6 is 0 Å². The molecule has 5 heteroatoms. The van der Waals surface area contributed by atoms with Crippen molar-refractivity contribution in [1.82, 2.24) is 0 Å². The van der Waals surface area contributed by atoms with Crippen LogP contribution in [0.5, 0.6) is 11.5 Å². The zero-order chi connectivity index (χ0) is 46.6. The number of hydrogen-bond donors (Lipinski definition) is 0. The Morgan fingerprint density at radius 2 is 0.831 bits per heavy atom. The van der Waals surface area contributed by atoms with Crippen molar-refractivity contribution in [3.63, 3.8) is 0 Å². The first-order valence-corrected chi connectivity index (χ1v) is 24.1. The Bertz CT molecular complexity index is 4440. The third-order valence-electron chi connectivity index (χ3n) is 14.4. The highest BCUT2D eigenvalue weighted by molar-refractivity contribution is 6.29. The number of ether oxygens (including phenoxy) is 1. The minimum absolute atomic E-state index is 0.804. The number of para-hydroxylation sites is 6. The molecule has 15 rings (SSSR count). The number of benzene rings is 12. The molecule has 0 N–H and O–H groups in total. The zero-order valence-electron chi connectivity index (χ0n) is 38.2. The summed E-state index contributed by atoms with van der Waals surface area (Å²) < 4.78 is 21.1. The Hall–Kier alpha value is -9.58. The first-order chi connectivity index (χ1) is 35.2. The summed E-state index contributed by atoms with van der Waals surface area (Å²) in [4.78, 5) is 4.70. The third-order valence-corrected chi connectivity index (χ3v) is 14.4. The first-order valence-electron chi connectivity index (χ1n) is 24.1. The van der Waals surface area contributed by atoms with Crippen molar-refractivity contribution < 1.29 is 13.6 Å². The molecule has 2 aromatic heterocycles. The van der Waals surface area contributed by atoms with Crippen molar-refractivity contribution >= 4 is 110 Å². The van der Waals surface area contributed by atoms with Crippen molar-refractivity contribution in [2.75, 3.05) is 9.80 Å². The molecule has 0 bridgehead atoms. The van der Waals surface area contributed by atoms with Crippen molar-refractivity contribution in [1.29, 1.82) is 0 Å². The number of hydrogen-bond acceptors (Lipinski definition) is 5. The van der Waals surface area contributed by atoms with Gasteiger partial charge in [-0.25, -0.2) is 0 Å². The molecule has 0 atom stereocenters. The van der Waals surface area contributed by atoms with Gasteiger partial charge in [-0.1, -0.05) is 182 Å². The van der Waals surface area contributed by atoms with Crippen molar-refractivity contribution in [3.05, 3.63) is 243 Å². The average Bonchev–Trinajstić information content (AvgIpc) is 4.02. The molecule has 3 heterocycles. The molecular formula is C66H40N2O3. The van der Waals surface area contributed by atoms with Crippen molar-refractivity contribution in [2.24, 2.45) is 0 Å². The Morgan fingerprint density at radius 1 is 0.282 bits per heavy atom. The van der Waals surface area contributed by atoms with Gasteiger partial charge in [0.15, 0.2) is 11.2 Å². The summed E-state index contributed by atoms with van der Waals surface area (Å²) in [5.41, 5.74) is 13.7.